The number of hydrogen-bond donors (Lipinski definition) is 0. The van der Waals surface area contributed by atoms with Gasteiger partial charge >= 0.3 is 5.97 Å². The standard InChI is InChI=1S/C10H11N3O3/c1-15-6-8-11-9-7(10(14)16-2)4-3-5-13(9)12-8/h3-5H,6H2,1-2H3. The number of fused-ring (bicyclic) bond motifs is 1. The first kappa shape index (κ1) is 10.6. The van der Waals surface area contributed by atoms with Crippen molar-refractivity contribution in [3.05, 3.63) is 29.7 Å². The third-order valence-corrected chi connectivity index (χ3v) is 2.08. The van der Waals surface area contributed by atoms with Crippen LogP contribution >= 0.6 is 0 Å². The summed E-state index contributed by atoms with van der Waals surface area (Å²) in [7, 11) is 2.89. The Morgan fingerprint density at radius 3 is 3.00 bits per heavy atom. The zero-order valence-electron chi connectivity index (χ0n) is 9.01. The monoisotopic (exact) mass is 221 g/mol. The van der Waals surface area contributed by atoms with Crippen LogP contribution in [0.1, 0.15) is 16.2 Å². The Kier molecular flexibility index (Phi) is 2.82. The van der Waals surface area contributed by atoms with E-state index in [4.69, 9.17) is 4.74 Å². The Balaban J connectivity index is 2.54. The van der Waals surface area contributed by atoms with E-state index >= 15 is 0 Å². The van der Waals surface area contributed by atoms with Crippen LogP contribution in [-0.4, -0.2) is 34.8 Å². The first-order valence-corrected chi connectivity index (χ1v) is 4.67. The summed E-state index contributed by atoms with van der Waals surface area (Å²) >= 11 is 0. The molecule has 0 aromatic carbocycles. The fraction of sp³-hybridized carbons (Fsp3) is 0.300. The quantitative estimate of drug-likeness (QED) is 0.712. The predicted octanol–water partition coefficient (Wildman–Crippen LogP) is 0.662. The summed E-state index contributed by atoms with van der Waals surface area (Å²) in [5.41, 5.74) is 0.862. The molecule has 0 aliphatic rings. The molecule has 0 unspecified atom stereocenters. The molecule has 0 bridgehead atoms. The molecular formula is C10H11N3O3. The van der Waals surface area contributed by atoms with Gasteiger partial charge in [-0.15, -0.1) is 5.10 Å². The van der Waals surface area contributed by atoms with E-state index in [1.165, 1.54) is 11.6 Å². The minimum absolute atomic E-state index is 0.308. The number of aromatic nitrogens is 3. The molecule has 0 aliphatic carbocycles. The van der Waals surface area contributed by atoms with Crippen LogP contribution in [0.2, 0.25) is 0 Å². The van der Waals surface area contributed by atoms with Gasteiger partial charge in [0.25, 0.3) is 0 Å². The first-order chi connectivity index (χ1) is 7.76. The summed E-state index contributed by atoms with van der Waals surface area (Å²) in [6.07, 6.45) is 1.72. The maximum Gasteiger partial charge on any atom is 0.341 e. The second-order valence-electron chi connectivity index (χ2n) is 3.14. The zero-order valence-corrected chi connectivity index (χ0v) is 9.01. The molecule has 0 saturated carbocycles. The lowest BCUT2D eigenvalue weighted by Crippen LogP contribution is -2.04. The van der Waals surface area contributed by atoms with Gasteiger partial charge in [-0.25, -0.2) is 14.3 Å². The molecule has 0 radical (unpaired) electrons. The first-order valence-electron chi connectivity index (χ1n) is 4.67. The number of methoxy groups -OCH3 is 2. The summed E-state index contributed by atoms with van der Waals surface area (Å²) in [4.78, 5) is 15.7. The number of hydrogen-bond acceptors (Lipinski definition) is 5. The molecule has 0 saturated heterocycles. The normalized spacial score (nSPS) is 10.6. The van der Waals surface area contributed by atoms with Crippen molar-refractivity contribution in [1.29, 1.82) is 0 Å². The second-order valence-corrected chi connectivity index (χ2v) is 3.14. The summed E-state index contributed by atoms with van der Waals surface area (Å²) < 4.78 is 11.1. The molecule has 6 nitrogen and oxygen atoms in total. The van der Waals surface area contributed by atoms with Gasteiger partial charge in [0.2, 0.25) is 0 Å². The molecule has 0 atom stereocenters. The van der Waals surface area contributed by atoms with Crippen LogP contribution < -0.4 is 0 Å². The van der Waals surface area contributed by atoms with Gasteiger partial charge in [-0.05, 0) is 12.1 Å². The van der Waals surface area contributed by atoms with E-state index in [0.29, 0.717) is 23.6 Å². The van der Waals surface area contributed by atoms with E-state index in [1.807, 2.05) is 0 Å². The van der Waals surface area contributed by atoms with Crippen LogP contribution in [0.4, 0.5) is 0 Å². The Bertz CT molecular complexity index is 521. The minimum atomic E-state index is -0.429. The summed E-state index contributed by atoms with van der Waals surface area (Å²) in [5, 5.41) is 4.15. The Labute approximate surface area is 91.8 Å². The zero-order chi connectivity index (χ0) is 11.5. The number of esters is 1. The number of ether oxygens (including phenoxy) is 2. The Morgan fingerprint density at radius 1 is 1.50 bits per heavy atom. The van der Waals surface area contributed by atoms with Crippen molar-refractivity contribution >= 4 is 11.6 Å². The SMILES string of the molecule is COCc1nc2c(C(=O)OC)cccn2n1. The number of rotatable bonds is 3. The van der Waals surface area contributed by atoms with Crippen molar-refractivity contribution in [3.63, 3.8) is 0 Å². The van der Waals surface area contributed by atoms with E-state index in [1.54, 1.807) is 25.4 Å². The highest BCUT2D eigenvalue weighted by atomic mass is 16.5. The number of carbonyl (C=O) groups is 1. The van der Waals surface area contributed by atoms with Gasteiger partial charge in [-0.3, -0.25) is 0 Å². The van der Waals surface area contributed by atoms with Gasteiger partial charge in [-0.2, -0.15) is 0 Å². The second kappa shape index (κ2) is 4.28. The molecule has 84 valence electrons. The van der Waals surface area contributed by atoms with Gasteiger partial charge in [-0.1, -0.05) is 0 Å². The molecule has 0 N–H and O–H groups in total. The summed E-state index contributed by atoms with van der Waals surface area (Å²) in [5.74, 6) is 0.0980. The van der Waals surface area contributed by atoms with Gasteiger partial charge in [0, 0.05) is 13.3 Å². The van der Waals surface area contributed by atoms with E-state index in [0.717, 1.165) is 0 Å². The molecule has 2 aromatic heterocycles. The third kappa shape index (κ3) is 1.74. The molecular weight excluding hydrogens is 210 g/mol. The topological polar surface area (TPSA) is 65.7 Å². The number of nitrogens with zero attached hydrogens (tertiary/aromatic N) is 3. The third-order valence-electron chi connectivity index (χ3n) is 2.08. The maximum atomic E-state index is 11.5. The smallest absolute Gasteiger partial charge is 0.341 e. The Hall–Kier alpha value is -1.95. The lowest BCUT2D eigenvalue weighted by molar-refractivity contribution is 0.0602. The largest absolute Gasteiger partial charge is 0.465 e. The van der Waals surface area contributed by atoms with Crippen LogP contribution in [0.5, 0.6) is 0 Å². The highest BCUT2D eigenvalue weighted by molar-refractivity contribution is 5.95. The van der Waals surface area contributed by atoms with Crippen molar-refractivity contribution in [3.8, 4) is 0 Å². The maximum absolute atomic E-state index is 11.5. The van der Waals surface area contributed by atoms with E-state index < -0.39 is 5.97 Å². The Morgan fingerprint density at radius 2 is 2.31 bits per heavy atom. The van der Waals surface area contributed by atoms with Crippen molar-refractivity contribution < 1.29 is 14.3 Å². The van der Waals surface area contributed by atoms with Crippen molar-refractivity contribution in [2.75, 3.05) is 14.2 Å². The van der Waals surface area contributed by atoms with Crippen LogP contribution in [-0.2, 0) is 16.1 Å². The molecule has 0 fully saturated rings. The average molecular weight is 221 g/mol. The highest BCUT2D eigenvalue weighted by Crippen LogP contribution is 2.10. The summed E-state index contributed by atoms with van der Waals surface area (Å²) in [6.45, 7) is 0.308. The van der Waals surface area contributed by atoms with Gasteiger partial charge in [0.1, 0.15) is 12.2 Å². The van der Waals surface area contributed by atoms with Crippen molar-refractivity contribution in [2.24, 2.45) is 0 Å². The molecule has 6 heteroatoms. The molecule has 2 aromatic rings. The predicted molar refractivity (Wildman–Crippen MR) is 55.0 cm³/mol. The molecule has 0 aliphatic heterocycles. The minimum Gasteiger partial charge on any atom is -0.465 e. The van der Waals surface area contributed by atoms with Gasteiger partial charge in [0.15, 0.2) is 11.5 Å². The lowest BCUT2D eigenvalue weighted by Gasteiger charge is -1.99. The molecule has 0 spiro atoms. The average Bonchev–Trinajstić information content (AvgIpc) is 2.70. The van der Waals surface area contributed by atoms with Crippen LogP contribution in [0.25, 0.3) is 5.65 Å². The fourth-order valence-corrected chi connectivity index (χ4v) is 1.41. The number of carbonyl (C=O) groups excluding carboxylic acids is 1. The molecule has 2 heterocycles. The van der Waals surface area contributed by atoms with Crippen LogP contribution in [0, 0.1) is 0 Å². The van der Waals surface area contributed by atoms with Gasteiger partial charge in [0.05, 0.1) is 7.11 Å². The van der Waals surface area contributed by atoms with E-state index in [2.05, 4.69) is 14.8 Å². The van der Waals surface area contributed by atoms with Crippen LogP contribution in [0.15, 0.2) is 18.3 Å². The molecule has 0 amide bonds. The van der Waals surface area contributed by atoms with E-state index in [9.17, 15) is 4.79 Å². The molecule has 2 rings (SSSR count). The fourth-order valence-electron chi connectivity index (χ4n) is 1.41. The van der Waals surface area contributed by atoms with Crippen LogP contribution in [0.3, 0.4) is 0 Å². The summed E-state index contributed by atoms with van der Waals surface area (Å²) in [6, 6.07) is 3.36. The number of pyridine rings is 1. The van der Waals surface area contributed by atoms with Gasteiger partial charge < -0.3 is 9.47 Å². The lowest BCUT2D eigenvalue weighted by atomic mass is 10.3. The molecule has 16 heavy (non-hydrogen) atoms. The van der Waals surface area contributed by atoms with Crippen molar-refractivity contribution in [2.45, 2.75) is 6.61 Å². The highest BCUT2D eigenvalue weighted by Gasteiger charge is 2.13. The van der Waals surface area contributed by atoms with Crippen molar-refractivity contribution in [1.82, 2.24) is 14.6 Å². The van der Waals surface area contributed by atoms with E-state index in [-0.39, 0.29) is 0 Å².